The Labute approximate surface area is 74.1 Å². The highest BCUT2D eigenvalue weighted by Crippen LogP contribution is 1.80. The summed E-state index contributed by atoms with van der Waals surface area (Å²) >= 11 is 0. The maximum absolute atomic E-state index is 8.38. The lowest BCUT2D eigenvalue weighted by Gasteiger charge is -2.03. The van der Waals surface area contributed by atoms with Crippen LogP contribution in [-0.4, -0.2) is 44.6 Å². The molecule has 0 aliphatic carbocycles. The first-order chi connectivity index (χ1) is 5.91. The van der Waals surface area contributed by atoms with Gasteiger partial charge in [0, 0.05) is 6.61 Å². The Morgan fingerprint density at radius 3 is 2.58 bits per heavy atom. The van der Waals surface area contributed by atoms with Crippen LogP contribution in [0.5, 0.6) is 0 Å². The molecule has 0 fully saturated rings. The SMILES string of the molecule is NCCCNCCCOCCO. The fraction of sp³-hybridized carbons (Fsp3) is 1.00. The van der Waals surface area contributed by atoms with Crippen molar-refractivity contribution in [3.8, 4) is 0 Å². The second kappa shape index (κ2) is 10.8. The first kappa shape index (κ1) is 11.8. The number of rotatable bonds is 9. The molecule has 0 saturated heterocycles. The Hall–Kier alpha value is -0.160. The van der Waals surface area contributed by atoms with Gasteiger partial charge in [-0.05, 0) is 32.5 Å². The van der Waals surface area contributed by atoms with Crippen molar-refractivity contribution < 1.29 is 9.84 Å². The first-order valence-electron chi connectivity index (χ1n) is 4.51. The average Bonchev–Trinajstić information content (AvgIpc) is 2.10. The van der Waals surface area contributed by atoms with Gasteiger partial charge in [0.2, 0.25) is 0 Å². The number of nitrogens with one attached hydrogen (secondary N) is 1. The van der Waals surface area contributed by atoms with Crippen LogP contribution in [0.4, 0.5) is 0 Å². The number of aliphatic hydroxyl groups is 1. The van der Waals surface area contributed by atoms with Crippen molar-refractivity contribution >= 4 is 0 Å². The van der Waals surface area contributed by atoms with Crippen molar-refractivity contribution in [2.45, 2.75) is 12.8 Å². The minimum Gasteiger partial charge on any atom is -0.394 e. The predicted molar refractivity (Wildman–Crippen MR) is 49.1 cm³/mol. The number of hydrogen-bond acceptors (Lipinski definition) is 4. The second-order valence-electron chi connectivity index (χ2n) is 2.58. The van der Waals surface area contributed by atoms with E-state index in [0.717, 1.165) is 39.1 Å². The van der Waals surface area contributed by atoms with Crippen LogP contribution < -0.4 is 11.1 Å². The monoisotopic (exact) mass is 176 g/mol. The molecule has 0 bridgehead atoms. The van der Waals surface area contributed by atoms with Crippen molar-refractivity contribution in [3.05, 3.63) is 0 Å². The van der Waals surface area contributed by atoms with E-state index in [1.54, 1.807) is 0 Å². The van der Waals surface area contributed by atoms with Crippen LogP contribution in [0.1, 0.15) is 12.8 Å². The van der Waals surface area contributed by atoms with Crippen LogP contribution in [-0.2, 0) is 4.74 Å². The quantitative estimate of drug-likeness (QED) is 0.407. The maximum Gasteiger partial charge on any atom is 0.0697 e. The normalized spacial score (nSPS) is 10.5. The van der Waals surface area contributed by atoms with Gasteiger partial charge in [-0.2, -0.15) is 0 Å². The molecule has 0 radical (unpaired) electrons. The van der Waals surface area contributed by atoms with E-state index in [9.17, 15) is 0 Å². The molecule has 0 rings (SSSR count). The van der Waals surface area contributed by atoms with E-state index < -0.39 is 0 Å². The lowest BCUT2D eigenvalue weighted by atomic mass is 10.4. The van der Waals surface area contributed by atoms with Crippen LogP contribution in [0, 0.1) is 0 Å². The summed E-state index contributed by atoms with van der Waals surface area (Å²) in [6.07, 6.45) is 2.02. The molecule has 0 atom stereocenters. The summed E-state index contributed by atoms with van der Waals surface area (Å²) in [4.78, 5) is 0. The van der Waals surface area contributed by atoms with Crippen LogP contribution in [0.2, 0.25) is 0 Å². The molecule has 4 nitrogen and oxygen atoms in total. The number of ether oxygens (including phenoxy) is 1. The number of aliphatic hydroxyl groups excluding tert-OH is 1. The summed E-state index contributed by atoms with van der Waals surface area (Å²) in [7, 11) is 0. The third-order valence-electron chi connectivity index (χ3n) is 1.44. The number of nitrogens with two attached hydrogens (primary N) is 1. The van der Waals surface area contributed by atoms with E-state index in [1.165, 1.54) is 0 Å². The smallest absolute Gasteiger partial charge is 0.0697 e. The minimum absolute atomic E-state index is 0.112. The molecule has 0 aromatic rings. The third-order valence-corrected chi connectivity index (χ3v) is 1.44. The zero-order chi connectivity index (χ0) is 9.07. The van der Waals surface area contributed by atoms with Crippen LogP contribution >= 0.6 is 0 Å². The van der Waals surface area contributed by atoms with Gasteiger partial charge in [-0.1, -0.05) is 0 Å². The molecule has 4 N–H and O–H groups in total. The summed E-state index contributed by atoms with van der Waals surface area (Å²) in [5.41, 5.74) is 5.32. The van der Waals surface area contributed by atoms with Gasteiger partial charge in [-0.15, -0.1) is 0 Å². The largest absolute Gasteiger partial charge is 0.394 e. The highest BCUT2D eigenvalue weighted by Gasteiger charge is 1.88. The fourth-order valence-electron chi connectivity index (χ4n) is 0.818. The van der Waals surface area contributed by atoms with E-state index in [0.29, 0.717) is 6.61 Å². The molecule has 0 aliphatic heterocycles. The lowest BCUT2D eigenvalue weighted by Crippen LogP contribution is -2.20. The zero-order valence-corrected chi connectivity index (χ0v) is 7.59. The van der Waals surface area contributed by atoms with Crippen molar-refractivity contribution in [1.82, 2.24) is 5.32 Å². The Bertz CT molecular complexity index is 71.5. The molecular weight excluding hydrogens is 156 g/mol. The summed E-state index contributed by atoms with van der Waals surface area (Å²) < 4.78 is 5.07. The Morgan fingerprint density at radius 1 is 1.17 bits per heavy atom. The van der Waals surface area contributed by atoms with E-state index in [2.05, 4.69) is 5.32 Å². The van der Waals surface area contributed by atoms with Gasteiger partial charge in [0.15, 0.2) is 0 Å². The van der Waals surface area contributed by atoms with Crippen molar-refractivity contribution in [2.75, 3.05) is 39.5 Å². The molecule has 0 saturated carbocycles. The zero-order valence-electron chi connectivity index (χ0n) is 7.59. The Kier molecular flexibility index (Phi) is 10.7. The molecule has 0 spiro atoms. The van der Waals surface area contributed by atoms with Crippen LogP contribution in [0.25, 0.3) is 0 Å². The maximum atomic E-state index is 8.38. The van der Waals surface area contributed by atoms with Gasteiger partial charge in [0.05, 0.1) is 13.2 Å². The third kappa shape index (κ3) is 9.84. The van der Waals surface area contributed by atoms with Crippen molar-refractivity contribution in [3.63, 3.8) is 0 Å². The topological polar surface area (TPSA) is 67.5 Å². The highest BCUT2D eigenvalue weighted by molar-refractivity contribution is 4.47. The van der Waals surface area contributed by atoms with Gasteiger partial charge >= 0.3 is 0 Å². The summed E-state index contributed by atoms with van der Waals surface area (Å²) in [6.45, 7) is 3.97. The molecule has 0 heterocycles. The second-order valence-corrected chi connectivity index (χ2v) is 2.58. The van der Waals surface area contributed by atoms with E-state index >= 15 is 0 Å². The molecule has 0 amide bonds. The summed E-state index contributed by atoms with van der Waals surface area (Å²) in [5, 5.41) is 11.6. The standard InChI is InChI=1S/C8H20N2O2/c9-3-1-4-10-5-2-7-12-8-6-11/h10-11H,1-9H2. The van der Waals surface area contributed by atoms with E-state index in [4.69, 9.17) is 15.6 Å². The van der Waals surface area contributed by atoms with Gasteiger partial charge < -0.3 is 20.9 Å². The molecule has 74 valence electrons. The minimum atomic E-state index is 0.112. The number of hydrogen-bond donors (Lipinski definition) is 3. The van der Waals surface area contributed by atoms with Crippen LogP contribution in [0.15, 0.2) is 0 Å². The molecule has 0 unspecified atom stereocenters. The Balaban J connectivity index is 2.73. The molecule has 0 aliphatic rings. The van der Waals surface area contributed by atoms with Crippen LogP contribution in [0.3, 0.4) is 0 Å². The average molecular weight is 176 g/mol. The van der Waals surface area contributed by atoms with Crippen molar-refractivity contribution in [1.29, 1.82) is 0 Å². The first-order valence-corrected chi connectivity index (χ1v) is 4.51. The molecular formula is C8H20N2O2. The van der Waals surface area contributed by atoms with Gasteiger partial charge in [-0.3, -0.25) is 0 Å². The summed E-state index contributed by atoms with van der Waals surface area (Å²) in [5.74, 6) is 0. The fourth-order valence-corrected chi connectivity index (χ4v) is 0.818. The van der Waals surface area contributed by atoms with Gasteiger partial charge in [0.1, 0.15) is 0 Å². The Morgan fingerprint density at radius 2 is 1.92 bits per heavy atom. The molecule has 0 aromatic carbocycles. The predicted octanol–water partition coefficient (Wildman–Crippen LogP) is -0.676. The molecule has 4 heteroatoms. The van der Waals surface area contributed by atoms with Gasteiger partial charge in [0.25, 0.3) is 0 Å². The highest BCUT2D eigenvalue weighted by atomic mass is 16.5. The molecule has 12 heavy (non-hydrogen) atoms. The van der Waals surface area contributed by atoms with E-state index in [-0.39, 0.29) is 6.61 Å². The molecule has 0 aromatic heterocycles. The van der Waals surface area contributed by atoms with E-state index in [1.807, 2.05) is 0 Å². The lowest BCUT2D eigenvalue weighted by molar-refractivity contribution is 0.0908. The van der Waals surface area contributed by atoms with Crippen molar-refractivity contribution in [2.24, 2.45) is 5.73 Å². The summed E-state index contributed by atoms with van der Waals surface area (Å²) in [6, 6.07) is 0. The van der Waals surface area contributed by atoms with Gasteiger partial charge in [-0.25, -0.2) is 0 Å².